The zero-order valence-electron chi connectivity index (χ0n) is 8.36. The molecule has 0 aliphatic carbocycles. The van der Waals surface area contributed by atoms with E-state index >= 15 is 0 Å². The molecule has 2 aromatic heterocycles. The second-order valence-corrected chi connectivity index (χ2v) is 4.31. The van der Waals surface area contributed by atoms with Gasteiger partial charge in [0.05, 0.1) is 12.3 Å². The lowest BCUT2D eigenvalue weighted by molar-refractivity contribution is 0.199. The van der Waals surface area contributed by atoms with E-state index in [4.69, 9.17) is 16.3 Å². The van der Waals surface area contributed by atoms with Crippen molar-refractivity contribution in [3.8, 4) is 0 Å². The Bertz CT molecular complexity index is 439. The Labute approximate surface area is 96.8 Å². The topological polar surface area (TPSA) is 38.6 Å². The molecule has 4 nitrogen and oxygen atoms in total. The van der Waals surface area contributed by atoms with Crippen LogP contribution in [0.3, 0.4) is 0 Å². The number of hydrogen-bond donors (Lipinski definition) is 1. The first-order valence-corrected chi connectivity index (χ1v) is 5.88. The molecular formula is C9H12ClN3OS. The Morgan fingerprint density at radius 3 is 3.33 bits per heavy atom. The molecule has 0 aromatic carbocycles. The number of rotatable bonds is 5. The van der Waals surface area contributed by atoms with E-state index in [9.17, 15) is 0 Å². The molecule has 6 heteroatoms. The number of nitrogens with zero attached hydrogens (tertiary/aromatic N) is 2. The molecule has 0 saturated carbocycles. The van der Waals surface area contributed by atoms with E-state index in [1.807, 2.05) is 16.0 Å². The Morgan fingerprint density at radius 1 is 1.67 bits per heavy atom. The second-order valence-electron chi connectivity index (χ2n) is 3.07. The van der Waals surface area contributed by atoms with Crippen LogP contribution in [0.2, 0.25) is 5.15 Å². The number of fused-ring (bicyclic) bond motifs is 1. The fourth-order valence-electron chi connectivity index (χ4n) is 1.35. The lowest BCUT2D eigenvalue weighted by atomic mass is 10.4. The van der Waals surface area contributed by atoms with E-state index in [1.54, 1.807) is 18.4 Å². The fraction of sp³-hybridized carbons (Fsp3) is 0.444. The van der Waals surface area contributed by atoms with Gasteiger partial charge in [0.2, 0.25) is 0 Å². The molecule has 0 spiro atoms. The van der Waals surface area contributed by atoms with Gasteiger partial charge in [0.1, 0.15) is 0 Å². The van der Waals surface area contributed by atoms with Gasteiger partial charge < -0.3 is 10.1 Å². The molecule has 0 bridgehead atoms. The molecule has 0 saturated heterocycles. The van der Waals surface area contributed by atoms with Crippen LogP contribution in [0.4, 0.5) is 0 Å². The Morgan fingerprint density at radius 2 is 2.53 bits per heavy atom. The maximum Gasteiger partial charge on any atom is 0.195 e. The molecule has 0 fully saturated rings. The van der Waals surface area contributed by atoms with Gasteiger partial charge in [-0.1, -0.05) is 11.6 Å². The van der Waals surface area contributed by atoms with E-state index < -0.39 is 0 Å². The lowest BCUT2D eigenvalue weighted by Gasteiger charge is -2.03. The van der Waals surface area contributed by atoms with E-state index in [1.165, 1.54) is 0 Å². The number of imidazole rings is 1. The number of thiazole rings is 1. The van der Waals surface area contributed by atoms with Crippen molar-refractivity contribution in [3.05, 3.63) is 22.4 Å². The van der Waals surface area contributed by atoms with E-state index in [2.05, 4.69) is 10.3 Å². The predicted octanol–water partition coefficient (Wildman–Crippen LogP) is 1.79. The van der Waals surface area contributed by atoms with Crippen LogP contribution in [0.1, 0.15) is 5.69 Å². The van der Waals surface area contributed by atoms with Gasteiger partial charge in [0.25, 0.3) is 0 Å². The third kappa shape index (κ3) is 2.31. The minimum atomic E-state index is 0.576. The molecule has 0 unspecified atom stereocenters. The summed E-state index contributed by atoms with van der Waals surface area (Å²) in [6.45, 7) is 2.22. The summed E-state index contributed by atoms with van der Waals surface area (Å²) in [7, 11) is 1.69. The van der Waals surface area contributed by atoms with Crippen molar-refractivity contribution in [2.45, 2.75) is 6.54 Å². The summed E-state index contributed by atoms with van der Waals surface area (Å²) in [6.07, 6.45) is 1.98. The average molecular weight is 246 g/mol. The Balaban J connectivity index is 2.05. The summed E-state index contributed by atoms with van der Waals surface area (Å²) in [6, 6.07) is 0. The summed E-state index contributed by atoms with van der Waals surface area (Å²) in [4.78, 5) is 5.18. The molecule has 2 rings (SSSR count). The Kier molecular flexibility index (Phi) is 3.58. The standard InChI is InChI=1S/C9H12ClN3OS/c1-14-4-2-11-6-7-8(10)12-9-13(7)3-5-15-9/h3,5,11H,2,4,6H2,1H3. The highest BCUT2D eigenvalue weighted by atomic mass is 35.5. The number of methoxy groups -OCH3 is 1. The van der Waals surface area contributed by atoms with Gasteiger partial charge in [0.15, 0.2) is 10.1 Å². The smallest absolute Gasteiger partial charge is 0.195 e. The molecule has 82 valence electrons. The molecule has 1 N–H and O–H groups in total. The van der Waals surface area contributed by atoms with Gasteiger partial charge in [-0.25, -0.2) is 4.98 Å². The number of hydrogen-bond acceptors (Lipinski definition) is 4. The third-order valence-corrected chi connectivity index (χ3v) is 3.15. The normalized spacial score (nSPS) is 11.3. The number of halogens is 1. The first-order valence-electron chi connectivity index (χ1n) is 4.62. The second kappa shape index (κ2) is 4.94. The number of ether oxygens (including phenoxy) is 1. The molecule has 15 heavy (non-hydrogen) atoms. The summed E-state index contributed by atoms with van der Waals surface area (Å²) in [5.74, 6) is 0. The van der Waals surface area contributed by atoms with Crippen LogP contribution in [0.25, 0.3) is 4.96 Å². The van der Waals surface area contributed by atoms with Crippen LogP contribution in [-0.2, 0) is 11.3 Å². The summed E-state index contributed by atoms with van der Waals surface area (Å²) in [5.41, 5.74) is 1.00. The molecule has 0 atom stereocenters. The quantitative estimate of drug-likeness (QED) is 0.817. The fourth-order valence-corrected chi connectivity index (χ4v) is 2.37. The minimum Gasteiger partial charge on any atom is -0.383 e. The van der Waals surface area contributed by atoms with Gasteiger partial charge in [-0.2, -0.15) is 0 Å². The van der Waals surface area contributed by atoms with Gasteiger partial charge in [-0.3, -0.25) is 4.40 Å². The van der Waals surface area contributed by atoms with Crippen LogP contribution in [0.15, 0.2) is 11.6 Å². The van der Waals surface area contributed by atoms with Crippen molar-refractivity contribution in [1.82, 2.24) is 14.7 Å². The SMILES string of the molecule is COCCNCc1c(Cl)nc2sccn12. The maximum absolute atomic E-state index is 6.03. The van der Waals surface area contributed by atoms with E-state index in [-0.39, 0.29) is 0 Å². The highest BCUT2D eigenvalue weighted by Gasteiger charge is 2.09. The van der Waals surface area contributed by atoms with E-state index in [0.29, 0.717) is 18.3 Å². The van der Waals surface area contributed by atoms with Gasteiger partial charge in [-0.05, 0) is 0 Å². The molecule has 2 heterocycles. The molecule has 2 aromatic rings. The van der Waals surface area contributed by atoms with Gasteiger partial charge in [-0.15, -0.1) is 11.3 Å². The molecule has 0 aliphatic heterocycles. The van der Waals surface area contributed by atoms with Crippen LogP contribution in [0.5, 0.6) is 0 Å². The minimum absolute atomic E-state index is 0.576. The maximum atomic E-state index is 6.03. The first-order chi connectivity index (χ1) is 7.33. The molecular weight excluding hydrogens is 234 g/mol. The zero-order chi connectivity index (χ0) is 10.7. The monoisotopic (exact) mass is 245 g/mol. The van der Waals surface area contributed by atoms with Crippen LogP contribution < -0.4 is 5.32 Å². The highest BCUT2D eigenvalue weighted by Crippen LogP contribution is 2.20. The van der Waals surface area contributed by atoms with Crippen molar-refractivity contribution < 1.29 is 4.74 Å². The lowest BCUT2D eigenvalue weighted by Crippen LogP contribution is -2.19. The molecule has 0 amide bonds. The van der Waals surface area contributed by atoms with Crippen molar-refractivity contribution in [1.29, 1.82) is 0 Å². The Hall–Kier alpha value is -0.620. The first kappa shape index (κ1) is 10.9. The van der Waals surface area contributed by atoms with Gasteiger partial charge in [0, 0.05) is 31.8 Å². The summed E-state index contributed by atoms with van der Waals surface area (Å²) < 4.78 is 6.95. The van der Waals surface area contributed by atoms with Crippen LogP contribution in [0, 0.1) is 0 Å². The largest absolute Gasteiger partial charge is 0.383 e. The number of aromatic nitrogens is 2. The van der Waals surface area contributed by atoms with Crippen molar-refractivity contribution >= 4 is 27.9 Å². The summed E-state index contributed by atoms with van der Waals surface area (Å²) >= 11 is 7.61. The molecule has 0 aliphatic rings. The zero-order valence-corrected chi connectivity index (χ0v) is 9.94. The van der Waals surface area contributed by atoms with Gasteiger partial charge >= 0.3 is 0 Å². The number of nitrogens with one attached hydrogen (secondary N) is 1. The van der Waals surface area contributed by atoms with Crippen molar-refractivity contribution in [2.75, 3.05) is 20.3 Å². The van der Waals surface area contributed by atoms with Crippen LogP contribution >= 0.6 is 22.9 Å². The van der Waals surface area contributed by atoms with E-state index in [0.717, 1.165) is 17.2 Å². The average Bonchev–Trinajstić information content (AvgIpc) is 2.75. The molecule has 0 radical (unpaired) electrons. The third-order valence-electron chi connectivity index (χ3n) is 2.09. The summed E-state index contributed by atoms with van der Waals surface area (Å²) in [5, 5.41) is 5.82. The predicted molar refractivity (Wildman–Crippen MR) is 61.7 cm³/mol. The van der Waals surface area contributed by atoms with Crippen molar-refractivity contribution in [2.24, 2.45) is 0 Å². The van der Waals surface area contributed by atoms with Crippen molar-refractivity contribution in [3.63, 3.8) is 0 Å². The highest BCUT2D eigenvalue weighted by molar-refractivity contribution is 7.15. The van der Waals surface area contributed by atoms with Crippen LogP contribution in [-0.4, -0.2) is 29.6 Å².